The summed E-state index contributed by atoms with van der Waals surface area (Å²) < 4.78 is 33.7. The zero-order valence-electron chi connectivity index (χ0n) is 20.9. The third-order valence-corrected chi connectivity index (χ3v) is 8.88. The molecule has 196 valence electrons. The van der Waals surface area contributed by atoms with Crippen molar-refractivity contribution in [2.45, 2.75) is 82.7 Å². The van der Waals surface area contributed by atoms with Crippen molar-refractivity contribution < 1.29 is 28.2 Å². The number of aliphatic carboxylic acids is 1. The Labute approximate surface area is 215 Å². The second-order valence-electron chi connectivity index (χ2n) is 11.9. The molecule has 0 unspecified atom stereocenters. The van der Waals surface area contributed by atoms with Crippen LogP contribution in [0.15, 0.2) is 30.0 Å². The average molecular weight is 523 g/mol. The zero-order valence-corrected chi connectivity index (χ0v) is 21.6. The topological polar surface area (TPSA) is 78.9 Å². The maximum absolute atomic E-state index is 13.9. The first-order valence-corrected chi connectivity index (χ1v) is 13.0. The highest BCUT2D eigenvalue weighted by molar-refractivity contribution is 6.32. The van der Waals surface area contributed by atoms with Gasteiger partial charge in [0.25, 0.3) is 0 Å². The summed E-state index contributed by atoms with van der Waals surface area (Å²) in [5.74, 6) is -2.77. The van der Waals surface area contributed by atoms with Crippen LogP contribution in [0.1, 0.15) is 71.3 Å². The molecule has 3 fully saturated rings. The van der Waals surface area contributed by atoms with Gasteiger partial charge in [0, 0.05) is 24.6 Å². The van der Waals surface area contributed by atoms with Crippen LogP contribution in [0.25, 0.3) is 0 Å². The number of hydrogen-bond acceptors (Lipinski definition) is 3. The minimum Gasteiger partial charge on any atom is -0.492 e. The van der Waals surface area contributed by atoms with E-state index in [0.717, 1.165) is 12.3 Å². The Balaban J connectivity index is 1.44. The van der Waals surface area contributed by atoms with Gasteiger partial charge < -0.3 is 15.2 Å². The van der Waals surface area contributed by atoms with Gasteiger partial charge in [0.2, 0.25) is 5.92 Å². The second kappa shape index (κ2) is 8.33. The number of ether oxygens (including phenoxy) is 1. The fraction of sp³-hybridized carbons (Fsp3) is 0.630. The Morgan fingerprint density at radius 1 is 1.22 bits per heavy atom. The molecular weight excluding hydrogens is 490 g/mol. The molecule has 3 aliphatic carbocycles. The van der Waals surface area contributed by atoms with E-state index in [0.29, 0.717) is 28.5 Å². The fourth-order valence-electron chi connectivity index (χ4n) is 6.33. The van der Waals surface area contributed by atoms with E-state index < -0.39 is 34.3 Å². The molecule has 3 saturated carbocycles. The van der Waals surface area contributed by atoms with E-state index in [1.807, 2.05) is 19.9 Å². The zero-order chi connectivity index (χ0) is 26.1. The van der Waals surface area contributed by atoms with Gasteiger partial charge in [-0.1, -0.05) is 30.5 Å². The van der Waals surface area contributed by atoms with Crippen LogP contribution in [-0.4, -0.2) is 40.1 Å². The molecule has 2 N–H and O–H groups in total. The average Bonchev–Trinajstić information content (AvgIpc) is 3.56. The van der Waals surface area contributed by atoms with Crippen LogP contribution in [-0.2, 0) is 10.3 Å². The summed E-state index contributed by atoms with van der Waals surface area (Å²) in [4.78, 5) is 26.6. The number of carbonyl (C=O) groups is 2. The molecular formula is C27H33ClF2N2O4. The van der Waals surface area contributed by atoms with Crippen molar-refractivity contribution in [2.75, 3.05) is 6.61 Å². The molecule has 6 nitrogen and oxygen atoms in total. The van der Waals surface area contributed by atoms with E-state index in [4.69, 9.17) is 16.3 Å². The number of halogens is 3. The molecule has 2 amide bonds. The predicted molar refractivity (Wildman–Crippen MR) is 131 cm³/mol. The lowest BCUT2D eigenvalue weighted by Crippen LogP contribution is -2.67. The summed E-state index contributed by atoms with van der Waals surface area (Å²) in [6, 6.07) is 4.95. The largest absolute Gasteiger partial charge is 0.492 e. The van der Waals surface area contributed by atoms with E-state index in [1.165, 1.54) is 17.7 Å². The van der Waals surface area contributed by atoms with Gasteiger partial charge in [-0.2, -0.15) is 0 Å². The van der Waals surface area contributed by atoms with Crippen molar-refractivity contribution in [3.8, 4) is 5.75 Å². The summed E-state index contributed by atoms with van der Waals surface area (Å²) in [6.07, 6.45) is 5.14. The van der Waals surface area contributed by atoms with Crippen molar-refractivity contribution in [2.24, 2.45) is 17.3 Å². The van der Waals surface area contributed by atoms with Gasteiger partial charge >= 0.3 is 12.0 Å². The molecule has 0 aromatic heterocycles. The molecule has 0 spiro atoms. The lowest BCUT2D eigenvalue weighted by molar-refractivity contribution is -0.162. The molecule has 0 saturated heterocycles. The number of nitrogens with one attached hydrogen (secondary N) is 1. The van der Waals surface area contributed by atoms with E-state index in [1.54, 1.807) is 25.3 Å². The highest BCUT2D eigenvalue weighted by atomic mass is 35.5. The lowest BCUT2D eigenvalue weighted by atomic mass is 9.58. The first-order valence-electron chi connectivity index (χ1n) is 12.6. The molecule has 1 aliphatic heterocycles. The number of urea groups is 1. The molecule has 0 bridgehead atoms. The standard InChI is InChI=1S/C27H33ClF2N2O4/c1-24(22(33)34)14-25(2,15-24)32-13-19(17-11-27(29,30)12-17)26(3,31-23(32)35)18-6-7-21(20(28)10-18)36-9-8-16-4-5-16/h6-7,10,13,16-17H,4-5,8-9,11-12,14-15H2,1-3H3,(H,31,35)(H,33,34)/t24?,25?,26-/m0/s1. The smallest absolute Gasteiger partial charge is 0.322 e. The third-order valence-electron chi connectivity index (χ3n) is 8.58. The molecule has 1 atom stereocenters. The van der Waals surface area contributed by atoms with Crippen molar-refractivity contribution in [3.63, 3.8) is 0 Å². The molecule has 1 aromatic rings. The van der Waals surface area contributed by atoms with Gasteiger partial charge in [-0.3, -0.25) is 9.69 Å². The number of amides is 2. The van der Waals surface area contributed by atoms with Crippen molar-refractivity contribution >= 4 is 23.6 Å². The highest BCUT2D eigenvalue weighted by Crippen LogP contribution is 2.56. The van der Waals surface area contributed by atoms with Gasteiger partial charge in [0.1, 0.15) is 5.75 Å². The second-order valence-corrected chi connectivity index (χ2v) is 12.3. The first-order chi connectivity index (χ1) is 16.7. The van der Waals surface area contributed by atoms with Crippen LogP contribution in [0.4, 0.5) is 13.6 Å². The summed E-state index contributed by atoms with van der Waals surface area (Å²) in [6.45, 7) is 5.90. The van der Waals surface area contributed by atoms with Gasteiger partial charge in [-0.05, 0) is 75.1 Å². The van der Waals surface area contributed by atoms with Crippen LogP contribution in [0.2, 0.25) is 5.02 Å². The van der Waals surface area contributed by atoms with Crippen molar-refractivity contribution in [1.82, 2.24) is 10.2 Å². The number of rotatable bonds is 8. The molecule has 36 heavy (non-hydrogen) atoms. The normalized spacial score (nSPS) is 33.8. The predicted octanol–water partition coefficient (Wildman–Crippen LogP) is 6.33. The van der Waals surface area contributed by atoms with Gasteiger partial charge in [-0.15, -0.1) is 0 Å². The fourth-order valence-corrected chi connectivity index (χ4v) is 6.56. The van der Waals surface area contributed by atoms with Crippen LogP contribution >= 0.6 is 11.6 Å². The maximum Gasteiger partial charge on any atom is 0.322 e. The highest BCUT2D eigenvalue weighted by Gasteiger charge is 2.60. The molecule has 4 aliphatic rings. The first kappa shape index (κ1) is 25.3. The molecule has 1 aromatic carbocycles. The summed E-state index contributed by atoms with van der Waals surface area (Å²) in [5.41, 5.74) is -1.31. The van der Waals surface area contributed by atoms with Gasteiger partial charge in [-0.25, -0.2) is 13.6 Å². The van der Waals surface area contributed by atoms with E-state index in [-0.39, 0.29) is 31.7 Å². The monoisotopic (exact) mass is 522 g/mol. The van der Waals surface area contributed by atoms with Gasteiger partial charge in [0.15, 0.2) is 0 Å². The maximum atomic E-state index is 13.9. The lowest BCUT2D eigenvalue weighted by Gasteiger charge is -2.57. The molecule has 1 heterocycles. The Bertz CT molecular complexity index is 1120. The van der Waals surface area contributed by atoms with Gasteiger partial charge in [0.05, 0.1) is 22.6 Å². The Kier molecular flexibility index (Phi) is 5.86. The quantitative estimate of drug-likeness (QED) is 0.418. The summed E-state index contributed by atoms with van der Waals surface area (Å²) >= 11 is 6.55. The molecule has 9 heteroatoms. The van der Waals surface area contributed by atoms with Crippen LogP contribution in [0.3, 0.4) is 0 Å². The minimum absolute atomic E-state index is 0.281. The number of carbonyl (C=O) groups excluding carboxylic acids is 1. The van der Waals surface area contributed by atoms with Crippen LogP contribution < -0.4 is 10.1 Å². The SMILES string of the molecule is CC1(C(=O)O)CC(C)(N2C=C(C3CC(F)(F)C3)[C@](C)(c3ccc(OCCC4CC4)c(Cl)c3)NC2=O)C1. The number of nitrogens with zero attached hydrogens (tertiary/aromatic N) is 1. The number of hydrogen-bond donors (Lipinski definition) is 2. The van der Waals surface area contributed by atoms with Crippen molar-refractivity contribution in [1.29, 1.82) is 0 Å². The summed E-state index contributed by atoms with van der Waals surface area (Å²) in [7, 11) is 0. The number of benzene rings is 1. The number of carboxylic acids is 1. The summed E-state index contributed by atoms with van der Waals surface area (Å²) in [5, 5.41) is 13.0. The number of alkyl halides is 2. The number of carboxylic acid groups (broad SMARTS) is 1. The Morgan fingerprint density at radius 3 is 2.44 bits per heavy atom. The van der Waals surface area contributed by atoms with Crippen LogP contribution in [0.5, 0.6) is 5.75 Å². The molecule has 0 radical (unpaired) electrons. The Hall–Kier alpha value is -2.35. The van der Waals surface area contributed by atoms with Crippen LogP contribution in [0, 0.1) is 17.3 Å². The van der Waals surface area contributed by atoms with E-state index >= 15 is 0 Å². The Morgan fingerprint density at radius 2 is 1.89 bits per heavy atom. The molecule has 5 rings (SSSR count). The van der Waals surface area contributed by atoms with Crippen molar-refractivity contribution in [3.05, 3.63) is 40.6 Å². The van der Waals surface area contributed by atoms with E-state index in [9.17, 15) is 23.5 Å². The minimum atomic E-state index is -2.74. The van der Waals surface area contributed by atoms with E-state index in [2.05, 4.69) is 5.32 Å². The third kappa shape index (κ3) is 4.35.